The van der Waals surface area contributed by atoms with E-state index in [0.717, 1.165) is 18.5 Å². The molecule has 4 rings (SSSR count). The number of amides is 3. The number of carbonyl (C=O) groups is 3. The van der Waals surface area contributed by atoms with Crippen molar-refractivity contribution in [3.8, 4) is 0 Å². The molecule has 0 unspecified atom stereocenters. The SMILES string of the molecule is O=C(NCCCO)C1CCN(c2cccc3c2C(=O)N(CC2CCCCC2)C3=O)CC1. The molecule has 2 N–H and O–H groups in total. The van der Waals surface area contributed by atoms with Gasteiger partial charge in [-0.3, -0.25) is 19.3 Å². The summed E-state index contributed by atoms with van der Waals surface area (Å²) in [5, 5.41) is 11.7. The van der Waals surface area contributed by atoms with Crippen LogP contribution in [0.25, 0.3) is 0 Å². The number of hydrogen-bond donors (Lipinski definition) is 2. The average Bonchev–Trinajstić information content (AvgIpc) is 3.05. The molecule has 0 atom stereocenters. The molecule has 2 aliphatic heterocycles. The Hall–Kier alpha value is -2.41. The topological polar surface area (TPSA) is 89.9 Å². The zero-order valence-electron chi connectivity index (χ0n) is 18.1. The summed E-state index contributed by atoms with van der Waals surface area (Å²) in [6, 6.07) is 5.55. The summed E-state index contributed by atoms with van der Waals surface area (Å²) in [6.07, 6.45) is 7.78. The fourth-order valence-corrected chi connectivity index (χ4v) is 5.19. The normalized spacial score (nSPS) is 20.3. The second kappa shape index (κ2) is 9.81. The lowest BCUT2D eigenvalue weighted by Gasteiger charge is -2.34. The van der Waals surface area contributed by atoms with Crippen molar-refractivity contribution in [1.82, 2.24) is 10.2 Å². The van der Waals surface area contributed by atoms with Crippen LogP contribution in [0.15, 0.2) is 18.2 Å². The summed E-state index contributed by atoms with van der Waals surface area (Å²) in [7, 11) is 0. The molecule has 1 saturated heterocycles. The Morgan fingerprint density at radius 1 is 1.03 bits per heavy atom. The standard InChI is InChI=1S/C24H33N3O4/c28-15-5-12-25-22(29)18-10-13-26(14-11-18)20-9-4-8-19-21(20)24(31)27(23(19)30)16-17-6-2-1-3-7-17/h4,8-9,17-18,28H,1-3,5-7,10-16H2,(H,25,29). The number of hydrogen-bond acceptors (Lipinski definition) is 5. The molecule has 1 aliphatic carbocycles. The van der Waals surface area contributed by atoms with E-state index in [0.29, 0.717) is 62.5 Å². The first-order valence-electron chi connectivity index (χ1n) is 11.7. The number of nitrogens with zero attached hydrogens (tertiary/aromatic N) is 2. The molecular weight excluding hydrogens is 394 g/mol. The molecule has 3 aliphatic rings. The Kier molecular flexibility index (Phi) is 6.90. The minimum Gasteiger partial charge on any atom is -0.396 e. The number of rotatable bonds is 7. The van der Waals surface area contributed by atoms with Gasteiger partial charge in [-0.25, -0.2) is 0 Å². The Morgan fingerprint density at radius 2 is 1.77 bits per heavy atom. The van der Waals surface area contributed by atoms with Gasteiger partial charge in [-0.1, -0.05) is 25.3 Å². The maximum atomic E-state index is 13.3. The van der Waals surface area contributed by atoms with Crippen LogP contribution in [0.5, 0.6) is 0 Å². The van der Waals surface area contributed by atoms with Crippen LogP contribution in [0.1, 0.15) is 72.1 Å². The van der Waals surface area contributed by atoms with E-state index in [1.165, 1.54) is 24.2 Å². The zero-order valence-corrected chi connectivity index (χ0v) is 18.1. The van der Waals surface area contributed by atoms with Crippen LogP contribution in [0, 0.1) is 11.8 Å². The zero-order chi connectivity index (χ0) is 21.8. The van der Waals surface area contributed by atoms with Crippen LogP contribution in [0.3, 0.4) is 0 Å². The summed E-state index contributed by atoms with van der Waals surface area (Å²) in [5.41, 5.74) is 1.87. The number of fused-ring (bicyclic) bond motifs is 1. The molecule has 1 aromatic carbocycles. The number of benzene rings is 1. The lowest BCUT2D eigenvalue weighted by atomic mass is 9.89. The molecule has 7 nitrogen and oxygen atoms in total. The third-order valence-electron chi connectivity index (χ3n) is 6.98. The van der Waals surface area contributed by atoms with Crippen molar-refractivity contribution in [1.29, 1.82) is 0 Å². The van der Waals surface area contributed by atoms with Crippen LogP contribution in [0.2, 0.25) is 0 Å². The number of carbonyl (C=O) groups excluding carboxylic acids is 3. The minimum atomic E-state index is -0.162. The minimum absolute atomic E-state index is 0.0382. The molecule has 31 heavy (non-hydrogen) atoms. The maximum Gasteiger partial charge on any atom is 0.263 e. The Labute approximate surface area is 183 Å². The van der Waals surface area contributed by atoms with Crippen LogP contribution < -0.4 is 10.2 Å². The van der Waals surface area contributed by atoms with E-state index in [1.807, 2.05) is 12.1 Å². The van der Waals surface area contributed by atoms with Crippen LogP contribution in [0.4, 0.5) is 5.69 Å². The molecule has 2 fully saturated rings. The van der Waals surface area contributed by atoms with Crippen molar-refractivity contribution in [2.24, 2.45) is 11.8 Å². The van der Waals surface area contributed by atoms with Crippen molar-refractivity contribution in [3.05, 3.63) is 29.3 Å². The Morgan fingerprint density at radius 3 is 2.48 bits per heavy atom. The predicted octanol–water partition coefficient (Wildman–Crippen LogP) is 2.58. The van der Waals surface area contributed by atoms with E-state index in [4.69, 9.17) is 5.11 Å². The van der Waals surface area contributed by atoms with Crippen LogP contribution in [-0.2, 0) is 4.79 Å². The van der Waals surface area contributed by atoms with Gasteiger partial charge >= 0.3 is 0 Å². The van der Waals surface area contributed by atoms with Gasteiger partial charge in [0.1, 0.15) is 0 Å². The van der Waals surface area contributed by atoms with Crippen molar-refractivity contribution < 1.29 is 19.5 Å². The fraction of sp³-hybridized carbons (Fsp3) is 0.625. The molecule has 1 aromatic rings. The largest absolute Gasteiger partial charge is 0.396 e. The molecule has 0 spiro atoms. The van der Waals surface area contributed by atoms with Crippen molar-refractivity contribution in [3.63, 3.8) is 0 Å². The highest BCUT2D eigenvalue weighted by Gasteiger charge is 2.40. The van der Waals surface area contributed by atoms with E-state index >= 15 is 0 Å². The summed E-state index contributed by atoms with van der Waals surface area (Å²) in [5.74, 6) is 0.0817. The smallest absolute Gasteiger partial charge is 0.263 e. The van der Waals surface area contributed by atoms with E-state index in [1.54, 1.807) is 6.07 Å². The number of anilines is 1. The molecule has 7 heteroatoms. The Balaban J connectivity index is 1.43. The van der Waals surface area contributed by atoms with E-state index in [-0.39, 0.29) is 30.2 Å². The number of aliphatic hydroxyl groups excluding tert-OH is 1. The van der Waals surface area contributed by atoms with Gasteiger partial charge in [0, 0.05) is 38.7 Å². The third kappa shape index (κ3) is 4.61. The highest BCUT2D eigenvalue weighted by atomic mass is 16.3. The van der Waals surface area contributed by atoms with E-state index in [2.05, 4.69) is 10.2 Å². The van der Waals surface area contributed by atoms with Gasteiger partial charge in [0.25, 0.3) is 11.8 Å². The summed E-state index contributed by atoms with van der Waals surface area (Å²) in [6.45, 7) is 2.46. The number of imide groups is 1. The molecule has 0 aromatic heterocycles. The molecule has 2 heterocycles. The van der Waals surface area contributed by atoms with Crippen LogP contribution in [-0.4, -0.2) is 60.5 Å². The monoisotopic (exact) mass is 427 g/mol. The summed E-state index contributed by atoms with van der Waals surface area (Å²) < 4.78 is 0. The first-order valence-corrected chi connectivity index (χ1v) is 11.7. The Bertz CT molecular complexity index is 826. The quantitative estimate of drug-likeness (QED) is 0.516. The van der Waals surface area contributed by atoms with Crippen LogP contribution >= 0.6 is 0 Å². The lowest BCUT2D eigenvalue weighted by Crippen LogP contribution is -2.41. The maximum absolute atomic E-state index is 13.3. The van der Waals surface area contributed by atoms with Gasteiger partial charge in [-0.2, -0.15) is 0 Å². The molecule has 0 bridgehead atoms. The highest BCUT2D eigenvalue weighted by molar-refractivity contribution is 6.23. The number of nitrogens with one attached hydrogen (secondary N) is 1. The molecule has 0 radical (unpaired) electrons. The van der Waals surface area contributed by atoms with Crippen molar-refractivity contribution >= 4 is 23.4 Å². The predicted molar refractivity (Wildman–Crippen MR) is 118 cm³/mol. The van der Waals surface area contributed by atoms with Gasteiger partial charge in [-0.05, 0) is 50.2 Å². The summed E-state index contributed by atoms with van der Waals surface area (Å²) >= 11 is 0. The average molecular weight is 428 g/mol. The van der Waals surface area contributed by atoms with E-state index in [9.17, 15) is 14.4 Å². The highest BCUT2D eigenvalue weighted by Crippen LogP contribution is 2.35. The van der Waals surface area contributed by atoms with Gasteiger partial charge in [0.05, 0.1) is 16.8 Å². The second-order valence-electron chi connectivity index (χ2n) is 9.05. The van der Waals surface area contributed by atoms with E-state index < -0.39 is 0 Å². The number of piperidine rings is 1. The summed E-state index contributed by atoms with van der Waals surface area (Å²) in [4.78, 5) is 42.2. The second-order valence-corrected chi connectivity index (χ2v) is 9.05. The third-order valence-corrected chi connectivity index (χ3v) is 6.98. The van der Waals surface area contributed by atoms with Gasteiger partial charge in [0.15, 0.2) is 0 Å². The van der Waals surface area contributed by atoms with Gasteiger partial charge in [-0.15, -0.1) is 0 Å². The van der Waals surface area contributed by atoms with Crippen molar-refractivity contribution in [2.45, 2.75) is 51.4 Å². The first-order chi connectivity index (χ1) is 15.1. The van der Waals surface area contributed by atoms with Crippen molar-refractivity contribution in [2.75, 3.05) is 37.7 Å². The molecular formula is C24H33N3O4. The first kappa shape index (κ1) is 21.8. The molecule has 168 valence electrons. The molecule has 1 saturated carbocycles. The van der Waals surface area contributed by atoms with Gasteiger partial charge < -0.3 is 15.3 Å². The number of aliphatic hydroxyl groups is 1. The lowest BCUT2D eigenvalue weighted by molar-refractivity contribution is -0.125. The molecule has 3 amide bonds. The van der Waals surface area contributed by atoms with Gasteiger partial charge in [0.2, 0.25) is 5.91 Å². The fourth-order valence-electron chi connectivity index (χ4n) is 5.19.